The highest BCUT2D eigenvalue weighted by molar-refractivity contribution is 6.17. The van der Waals surface area contributed by atoms with Crippen molar-refractivity contribution in [3.05, 3.63) is 128 Å². The Morgan fingerprint density at radius 2 is 0.930 bits per heavy atom. The molecule has 2 aliphatic heterocycles. The van der Waals surface area contributed by atoms with Gasteiger partial charge in [0.25, 0.3) is 11.8 Å². The average Bonchev–Trinajstić information content (AvgIpc) is 3.43. The van der Waals surface area contributed by atoms with Crippen molar-refractivity contribution in [2.45, 2.75) is 20.3 Å². The molecule has 2 amide bonds. The number of anilines is 2. The molecule has 6 rings (SSSR count). The molecule has 0 radical (unpaired) electrons. The predicted octanol–water partition coefficient (Wildman–Crippen LogP) is 5.02. The Hall–Kier alpha value is -5.90. The van der Waals surface area contributed by atoms with Crippen LogP contribution in [0.15, 0.2) is 72.8 Å². The third-order valence-corrected chi connectivity index (χ3v) is 7.30. The van der Waals surface area contributed by atoms with Crippen LogP contribution in [0.4, 0.5) is 11.4 Å². The molecule has 0 fully saturated rings. The van der Waals surface area contributed by atoms with E-state index in [1.54, 1.807) is 12.1 Å². The number of fused-ring (bicyclic) bond motifs is 2. The first-order valence-corrected chi connectivity index (χ1v) is 13.2. The number of amides is 2. The molecule has 43 heavy (non-hydrogen) atoms. The number of aryl methyl sites for hydroxylation is 2. The van der Waals surface area contributed by atoms with E-state index in [0.717, 1.165) is 22.3 Å². The average molecular weight is 575 g/mol. The van der Waals surface area contributed by atoms with Crippen molar-refractivity contribution in [1.82, 2.24) is 0 Å². The van der Waals surface area contributed by atoms with Crippen molar-refractivity contribution in [2.24, 2.45) is 0 Å². The van der Waals surface area contributed by atoms with Crippen molar-refractivity contribution in [3.8, 4) is 0 Å². The minimum atomic E-state index is -0.771. The molecule has 0 aliphatic carbocycles. The van der Waals surface area contributed by atoms with E-state index in [2.05, 4.69) is 20.1 Å². The normalized spacial score (nSPS) is 13.3. The van der Waals surface area contributed by atoms with E-state index >= 15 is 0 Å². The highest BCUT2D eigenvalue weighted by Gasteiger charge is 2.31. The zero-order chi connectivity index (χ0) is 30.4. The second-order valence-electron chi connectivity index (χ2n) is 10.3. The summed E-state index contributed by atoms with van der Waals surface area (Å²) >= 11 is 0. The molecule has 2 N–H and O–H groups in total. The molecule has 4 aromatic carbocycles. The summed E-state index contributed by atoms with van der Waals surface area (Å²) in [5.41, 5.74) is 5.75. The van der Waals surface area contributed by atoms with Gasteiger partial charge in [-0.15, -0.1) is 0 Å². The van der Waals surface area contributed by atoms with Gasteiger partial charge in [0.15, 0.2) is 0 Å². The topological polar surface area (TPSA) is 145 Å². The summed E-state index contributed by atoms with van der Waals surface area (Å²) in [5.74, 6) is -3.84. The molecule has 10 heteroatoms. The summed E-state index contributed by atoms with van der Waals surface area (Å²) in [4.78, 5) is 72.6. The molecule has 2 heterocycles. The molecule has 212 valence electrons. The minimum absolute atomic E-state index is 0.0677. The van der Waals surface area contributed by atoms with E-state index in [4.69, 9.17) is 0 Å². The minimum Gasteiger partial charge on any atom is -0.386 e. The summed E-state index contributed by atoms with van der Waals surface area (Å²) in [6.45, 7) is 3.74. The Bertz CT molecular complexity index is 1800. The number of hydrogen-bond acceptors (Lipinski definition) is 8. The second kappa shape index (κ2) is 10.5. The van der Waals surface area contributed by atoms with Gasteiger partial charge in [0.2, 0.25) is 0 Å². The summed E-state index contributed by atoms with van der Waals surface area (Å²) in [6, 6.07) is 19.8. The van der Waals surface area contributed by atoms with Crippen molar-refractivity contribution < 1.29 is 38.2 Å². The van der Waals surface area contributed by atoms with Crippen LogP contribution in [0.5, 0.6) is 0 Å². The number of hydrogen-bond donors (Lipinski definition) is 2. The van der Waals surface area contributed by atoms with Crippen LogP contribution in [0.3, 0.4) is 0 Å². The summed E-state index contributed by atoms with van der Waals surface area (Å²) in [7, 11) is 0. The lowest BCUT2D eigenvalue weighted by Crippen LogP contribution is -2.14. The maximum absolute atomic E-state index is 12.8. The Labute approximate surface area is 244 Å². The van der Waals surface area contributed by atoms with Gasteiger partial charge in [-0.1, -0.05) is 24.3 Å². The number of cyclic esters (lactones) is 4. The first kappa shape index (κ1) is 27.3. The lowest BCUT2D eigenvalue weighted by atomic mass is 9.99. The van der Waals surface area contributed by atoms with Gasteiger partial charge < -0.3 is 20.1 Å². The second-order valence-corrected chi connectivity index (χ2v) is 10.3. The molecule has 0 aromatic heterocycles. The van der Waals surface area contributed by atoms with Crippen LogP contribution in [-0.2, 0) is 15.9 Å². The Morgan fingerprint density at radius 1 is 0.535 bits per heavy atom. The molecule has 0 spiro atoms. The molecular weight excluding hydrogens is 552 g/mol. The molecule has 0 saturated heterocycles. The summed E-state index contributed by atoms with van der Waals surface area (Å²) < 4.78 is 9.17. The molecule has 2 aliphatic rings. The lowest BCUT2D eigenvalue weighted by molar-refractivity contribution is 0.0425. The molecular formula is C33H22N2O8. The van der Waals surface area contributed by atoms with Crippen LogP contribution < -0.4 is 10.6 Å². The molecule has 0 atom stereocenters. The van der Waals surface area contributed by atoms with Crippen molar-refractivity contribution in [2.75, 3.05) is 10.6 Å². The van der Waals surface area contributed by atoms with Gasteiger partial charge in [-0.3, -0.25) is 9.59 Å². The van der Waals surface area contributed by atoms with Gasteiger partial charge in [0.1, 0.15) is 0 Å². The SMILES string of the molecule is Cc1cc(Cc2ccc(NC(=O)c3ccc4c(c3)C(=O)OC4=O)c(C)c2)ccc1NC(=O)c1ccc2c(c1)C(=O)OC2=O. The number of rotatable bonds is 6. The van der Waals surface area contributed by atoms with Crippen LogP contribution in [0, 0.1) is 13.8 Å². The van der Waals surface area contributed by atoms with Gasteiger partial charge in [-0.25, -0.2) is 19.2 Å². The van der Waals surface area contributed by atoms with Crippen LogP contribution in [0.1, 0.15) is 84.4 Å². The van der Waals surface area contributed by atoms with Crippen molar-refractivity contribution >= 4 is 47.1 Å². The number of ether oxygens (including phenoxy) is 2. The van der Waals surface area contributed by atoms with Gasteiger partial charge in [0, 0.05) is 22.5 Å². The fourth-order valence-corrected chi connectivity index (χ4v) is 5.03. The van der Waals surface area contributed by atoms with Gasteiger partial charge in [0.05, 0.1) is 22.3 Å². The van der Waals surface area contributed by atoms with Crippen LogP contribution >= 0.6 is 0 Å². The van der Waals surface area contributed by atoms with Gasteiger partial charge >= 0.3 is 23.9 Å². The van der Waals surface area contributed by atoms with Crippen LogP contribution in [0.25, 0.3) is 0 Å². The predicted molar refractivity (Wildman–Crippen MR) is 153 cm³/mol. The van der Waals surface area contributed by atoms with E-state index in [0.29, 0.717) is 17.8 Å². The van der Waals surface area contributed by atoms with Crippen LogP contribution in [0.2, 0.25) is 0 Å². The zero-order valence-corrected chi connectivity index (χ0v) is 22.9. The van der Waals surface area contributed by atoms with E-state index in [1.807, 2.05) is 38.1 Å². The molecule has 4 aromatic rings. The third kappa shape index (κ3) is 5.17. The Kier molecular flexibility index (Phi) is 6.66. The fourth-order valence-electron chi connectivity index (χ4n) is 5.03. The van der Waals surface area contributed by atoms with Gasteiger partial charge in [-0.2, -0.15) is 0 Å². The molecule has 0 saturated carbocycles. The number of nitrogens with one attached hydrogen (secondary N) is 2. The maximum Gasteiger partial charge on any atom is 0.346 e. The first-order chi connectivity index (χ1) is 20.6. The zero-order valence-electron chi connectivity index (χ0n) is 22.9. The van der Waals surface area contributed by atoms with E-state index in [1.165, 1.54) is 36.4 Å². The smallest absolute Gasteiger partial charge is 0.346 e. The highest BCUT2D eigenvalue weighted by Crippen LogP contribution is 2.26. The first-order valence-electron chi connectivity index (χ1n) is 13.2. The van der Waals surface area contributed by atoms with Crippen molar-refractivity contribution in [1.29, 1.82) is 0 Å². The monoisotopic (exact) mass is 574 g/mol. The largest absolute Gasteiger partial charge is 0.386 e. The highest BCUT2D eigenvalue weighted by atomic mass is 16.6. The molecule has 10 nitrogen and oxygen atoms in total. The van der Waals surface area contributed by atoms with Crippen LogP contribution in [-0.4, -0.2) is 35.7 Å². The van der Waals surface area contributed by atoms with E-state index in [-0.39, 0.29) is 33.4 Å². The van der Waals surface area contributed by atoms with Gasteiger partial charge in [-0.05, 0) is 91.1 Å². The Morgan fingerprint density at radius 3 is 1.33 bits per heavy atom. The number of benzene rings is 4. The summed E-state index contributed by atoms with van der Waals surface area (Å²) in [6.07, 6.45) is 0.603. The number of carbonyl (C=O) groups excluding carboxylic acids is 6. The van der Waals surface area contributed by atoms with E-state index < -0.39 is 35.7 Å². The summed E-state index contributed by atoms with van der Waals surface area (Å²) in [5, 5.41) is 5.69. The quantitative estimate of drug-likeness (QED) is 0.241. The maximum atomic E-state index is 12.8. The molecule has 0 unspecified atom stereocenters. The fraction of sp³-hybridized carbons (Fsp3) is 0.0909. The number of esters is 4. The van der Waals surface area contributed by atoms with Crippen molar-refractivity contribution in [3.63, 3.8) is 0 Å². The molecule has 0 bridgehead atoms. The number of carbonyl (C=O) groups is 6. The van der Waals surface area contributed by atoms with E-state index in [9.17, 15) is 28.8 Å². The Balaban J connectivity index is 1.11. The third-order valence-electron chi connectivity index (χ3n) is 7.30. The standard InChI is InChI=1S/C33H22N2O8/c1-16-11-18(3-9-26(16)34-28(36)20-5-7-22-24(14-20)32(40)42-30(22)38)13-19-4-10-27(17(2)12-19)35-29(37)21-6-8-23-25(15-21)33(41)43-31(23)39/h3-12,14-15H,13H2,1-2H3,(H,34,36)(H,35,37). The lowest BCUT2D eigenvalue weighted by Gasteiger charge is -2.13.